The second-order valence-electron chi connectivity index (χ2n) is 5.63. The van der Waals surface area contributed by atoms with E-state index in [1.807, 2.05) is 12.1 Å². The SMILES string of the molecule is COc1ccc(-c2nnsc2C(=O)N2CCN(S(C)(=O)=O)CC2)cc1. The van der Waals surface area contributed by atoms with E-state index >= 15 is 0 Å². The summed E-state index contributed by atoms with van der Waals surface area (Å²) in [6.45, 7) is 1.31. The number of amides is 1. The van der Waals surface area contributed by atoms with E-state index in [1.165, 1.54) is 10.6 Å². The molecule has 2 heterocycles. The lowest BCUT2D eigenvalue weighted by molar-refractivity contribution is 0.0703. The van der Waals surface area contributed by atoms with E-state index in [1.54, 1.807) is 24.1 Å². The summed E-state index contributed by atoms with van der Waals surface area (Å²) in [5.74, 6) is 0.547. The number of hydrogen-bond donors (Lipinski definition) is 0. The van der Waals surface area contributed by atoms with Crippen LogP contribution in [0.2, 0.25) is 0 Å². The van der Waals surface area contributed by atoms with Crippen molar-refractivity contribution in [2.45, 2.75) is 0 Å². The fourth-order valence-electron chi connectivity index (χ4n) is 2.64. The van der Waals surface area contributed by atoms with Crippen LogP contribution in [-0.4, -0.2) is 72.7 Å². The molecular formula is C15H18N4O4S2. The van der Waals surface area contributed by atoms with Gasteiger partial charge in [-0.2, -0.15) is 4.31 Å². The smallest absolute Gasteiger partial charge is 0.267 e. The number of carbonyl (C=O) groups is 1. The Hall–Kier alpha value is -2.04. The number of hydrogen-bond acceptors (Lipinski definition) is 7. The highest BCUT2D eigenvalue weighted by molar-refractivity contribution is 7.88. The number of carbonyl (C=O) groups excluding carboxylic acids is 1. The van der Waals surface area contributed by atoms with Crippen molar-refractivity contribution >= 4 is 27.5 Å². The van der Waals surface area contributed by atoms with E-state index in [0.29, 0.717) is 36.8 Å². The molecule has 0 unspecified atom stereocenters. The highest BCUT2D eigenvalue weighted by Crippen LogP contribution is 2.27. The van der Waals surface area contributed by atoms with Gasteiger partial charge in [0.1, 0.15) is 16.3 Å². The maximum Gasteiger partial charge on any atom is 0.267 e. The Kier molecular flexibility index (Phi) is 5.02. The fourth-order valence-corrected chi connectivity index (χ4v) is 4.12. The largest absolute Gasteiger partial charge is 0.497 e. The van der Waals surface area contributed by atoms with E-state index in [0.717, 1.165) is 22.8 Å². The van der Waals surface area contributed by atoms with Crippen molar-refractivity contribution in [1.82, 2.24) is 18.8 Å². The minimum absolute atomic E-state index is 0.172. The second-order valence-corrected chi connectivity index (χ2v) is 8.37. The molecule has 1 aromatic heterocycles. The summed E-state index contributed by atoms with van der Waals surface area (Å²) in [7, 11) is -1.64. The van der Waals surface area contributed by atoms with E-state index in [9.17, 15) is 13.2 Å². The van der Waals surface area contributed by atoms with Crippen LogP contribution in [0, 0.1) is 0 Å². The third kappa shape index (κ3) is 3.80. The molecule has 1 saturated heterocycles. The zero-order valence-electron chi connectivity index (χ0n) is 13.9. The standard InChI is InChI=1S/C15H18N4O4S2/c1-23-12-5-3-11(4-6-12)13-14(24-17-16-13)15(20)18-7-9-19(10-8-18)25(2,21)22/h3-6H,7-10H2,1-2H3. The van der Waals surface area contributed by atoms with Crippen molar-refractivity contribution in [3.8, 4) is 17.0 Å². The third-order valence-corrected chi connectivity index (χ3v) is 6.06. The van der Waals surface area contributed by atoms with Crippen LogP contribution in [-0.2, 0) is 10.0 Å². The van der Waals surface area contributed by atoms with E-state index in [4.69, 9.17) is 4.74 Å². The molecule has 10 heteroatoms. The molecular weight excluding hydrogens is 364 g/mol. The van der Waals surface area contributed by atoms with Gasteiger partial charge < -0.3 is 9.64 Å². The van der Waals surface area contributed by atoms with Gasteiger partial charge in [0.2, 0.25) is 10.0 Å². The molecule has 0 bridgehead atoms. The lowest BCUT2D eigenvalue weighted by atomic mass is 10.1. The van der Waals surface area contributed by atoms with Gasteiger partial charge in [-0.3, -0.25) is 4.79 Å². The molecule has 2 aromatic rings. The number of sulfonamides is 1. The van der Waals surface area contributed by atoms with Gasteiger partial charge in [-0.1, -0.05) is 4.49 Å². The molecule has 0 saturated carbocycles. The first-order chi connectivity index (χ1) is 11.9. The molecule has 0 aliphatic carbocycles. The van der Waals surface area contributed by atoms with Crippen LogP contribution in [0.3, 0.4) is 0 Å². The van der Waals surface area contributed by atoms with Gasteiger partial charge in [0.05, 0.1) is 13.4 Å². The van der Waals surface area contributed by atoms with Crippen LogP contribution < -0.4 is 4.74 Å². The Morgan fingerprint density at radius 1 is 1.16 bits per heavy atom. The van der Waals surface area contributed by atoms with Gasteiger partial charge in [0, 0.05) is 31.7 Å². The van der Waals surface area contributed by atoms with Crippen LogP contribution in [0.25, 0.3) is 11.3 Å². The van der Waals surface area contributed by atoms with Crippen LogP contribution in [0.15, 0.2) is 24.3 Å². The summed E-state index contributed by atoms with van der Waals surface area (Å²) in [5.41, 5.74) is 1.32. The summed E-state index contributed by atoms with van der Waals surface area (Å²) >= 11 is 1.05. The number of nitrogens with zero attached hydrogens (tertiary/aromatic N) is 4. The van der Waals surface area contributed by atoms with Crippen molar-refractivity contribution in [3.05, 3.63) is 29.1 Å². The Morgan fingerprint density at radius 3 is 2.36 bits per heavy atom. The number of piperazine rings is 1. The van der Waals surface area contributed by atoms with Crippen molar-refractivity contribution in [3.63, 3.8) is 0 Å². The molecule has 1 aliphatic rings. The Balaban J connectivity index is 1.77. The van der Waals surface area contributed by atoms with Crippen LogP contribution in [0.1, 0.15) is 9.67 Å². The lowest BCUT2D eigenvalue weighted by Crippen LogP contribution is -2.50. The summed E-state index contributed by atoms with van der Waals surface area (Å²) in [6, 6.07) is 7.25. The number of rotatable bonds is 4. The molecule has 0 atom stereocenters. The van der Waals surface area contributed by atoms with Gasteiger partial charge in [-0.15, -0.1) is 5.10 Å². The zero-order valence-corrected chi connectivity index (χ0v) is 15.5. The van der Waals surface area contributed by atoms with E-state index in [2.05, 4.69) is 9.59 Å². The number of benzene rings is 1. The molecule has 1 fully saturated rings. The molecule has 0 N–H and O–H groups in total. The molecule has 8 nitrogen and oxygen atoms in total. The van der Waals surface area contributed by atoms with E-state index < -0.39 is 10.0 Å². The highest BCUT2D eigenvalue weighted by Gasteiger charge is 2.29. The zero-order chi connectivity index (χ0) is 18.0. The van der Waals surface area contributed by atoms with Crippen molar-refractivity contribution in [1.29, 1.82) is 0 Å². The first-order valence-corrected chi connectivity index (χ1v) is 10.2. The lowest BCUT2D eigenvalue weighted by Gasteiger charge is -2.33. The molecule has 0 spiro atoms. The van der Waals surface area contributed by atoms with Gasteiger partial charge in [-0.05, 0) is 35.8 Å². The van der Waals surface area contributed by atoms with Gasteiger partial charge in [0.25, 0.3) is 5.91 Å². The maximum atomic E-state index is 12.8. The summed E-state index contributed by atoms with van der Waals surface area (Å²) in [4.78, 5) is 14.9. The van der Waals surface area contributed by atoms with Gasteiger partial charge in [0.15, 0.2) is 0 Å². The molecule has 1 aromatic carbocycles. The Bertz CT molecular complexity index is 856. The van der Waals surface area contributed by atoms with Gasteiger partial charge in [-0.25, -0.2) is 8.42 Å². The average Bonchev–Trinajstić information content (AvgIpc) is 3.10. The third-order valence-electron chi connectivity index (χ3n) is 4.04. The molecule has 134 valence electrons. The first-order valence-electron chi connectivity index (χ1n) is 7.61. The first kappa shape index (κ1) is 17.8. The highest BCUT2D eigenvalue weighted by atomic mass is 32.2. The minimum atomic E-state index is -3.23. The monoisotopic (exact) mass is 382 g/mol. The number of methoxy groups -OCH3 is 1. The van der Waals surface area contributed by atoms with Crippen molar-refractivity contribution < 1.29 is 17.9 Å². The molecule has 1 amide bonds. The topological polar surface area (TPSA) is 92.7 Å². The van der Waals surface area contributed by atoms with Crippen LogP contribution in [0.5, 0.6) is 5.75 Å². The summed E-state index contributed by atoms with van der Waals surface area (Å²) < 4.78 is 33.6. The number of aromatic nitrogens is 2. The molecule has 1 aliphatic heterocycles. The minimum Gasteiger partial charge on any atom is -0.497 e. The van der Waals surface area contributed by atoms with Gasteiger partial charge >= 0.3 is 0 Å². The normalized spacial score (nSPS) is 16.0. The summed E-state index contributed by atoms with van der Waals surface area (Å²) in [6.07, 6.45) is 1.18. The maximum absolute atomic E-state index is 12.8. The van der Waals surface area contributed by atoms with Crippen molar-refractivity contribution in [2.24, 2.45) is 0 Å². The summed E-state index contributed by atoms with van der Waals surface area (Å²) in [5, 5.41) is 4.09. The quantitative estimate of drug-likeness (QED) is 0.781. The molecule has 25 heavy (non-hydrogen) atoms. The predicted octanol–water partition coefficient (Wildman–Crippen LogP) is 0.931. The predicted molar refractivity (Wildman–Crippen MR) is 94.2 cm³/mol. The number of ether oxygens (including phenoxy) is 1. The molecule has 0 radical (unpaired) electrons. The van der Waals surface area contributed by atoms with E-state index in [-0.39, 0.29) is 5.91 Å². The molecule has 3 rings (SSSR count). The Morgan fingerprint density at radius 2 is 1.80 bits per heavy atom. The van der Waals surface area contributed by atoms with Crippen LogP contribution >= 0.6 is 11.5 Å². The second kappa shape index (κ2) is 7.06. The Labute approximate surface area is 150 Å². The average molecular weight is 382 g/mol. The van der Waals surface area contributed by atoms with Crippen molar-refractivity contribution in [2.75, 3.05) is 39.5 Å². The fraction of sp³-hybridized carbons (Fsp3) is 0.400. The van der Waals surface area contributed by atoms with Crippen LogP contribution in [0.4, 0.5) is 0 Å².